The van der Waals surface area contributed by atoms with Crippen LogP contribution in [0.1, 0.15) is 27.9 Å². The maximum atomic E-state index is 13.3. The monoisotopic (exact) mass is 438 g/mol. The van der Waals surface area contributed by atoms with Gasteiger partial charge in [-0.1, -0.05) is 36.4 Å². The Hall–Kier alpha value is -3.19. The van der Waals surface area contributed by atoms with Crippen LogP contribution in [0.25, 0.3) is 0 Å². The molecule has 0 saturated carbocycles. The highest BCUT2D eigenvalue weighted by Crippen LogP contribution is 2.31. The predicted octanol–water partition coefficient (Wildman–Crippen LogP) is 3.94. The van der Waals surface area contributed by atoms with E-state index in [1.54, 1.807) is 24.3 Å². The molecular formula is C24H23FN2O3S. The number of halogens is 1. The molecule has 31 heavy (non-hydrogen) atoms. The van der Waals surface area contributed by atoms with Crippen LogP contribution in [0.15, 0.2) is 77.7 Å². The summed E-state index contributed by atoms with van der Waals surface area (Å²) < 4.78 is 41.0. The average molecular weight is 439 g/mol. The number of benzene rings is 3. The van der Waals surface area contributed by atoms with Crippen LogP contribution in [0, 0.1) is 5.82 Å². The SMILES string of the molecule is O=C(NCCc1ccc(F)cc1)c1cccc(S(=O)(=O)N2CCCc3ccccc32)c1. The Labute approximate surface area is 181 Å². The maximum Gasteiger partial charge on any atom is 0.264 e. The van der Waals surface area contributed by atoms with Gasteiger partial charge in [0, 0.05) is 18.7 Å². The highest BCUT2D eigenvalue weighted by atomic mass is 32.2. The summed E-state index contributed by atoms with van der Waals surface area (Å²) in [6.45, 7) is 0.772. The minimum atomic E-state index is -3.78. The molecule has 0 atom stereocenters. The van der Waals surface area contributed by atoms with Crippen molar-refractivity contribution in [2.75, 3.05) is 17.4 Å². The first-order valence-corrected chi connectivity index (χ1v) is 11.6. The number of nitrogens with zero attached hydrogens (tertiary/aromatic N) is 1. The van der Waals surface area contributed by atoms with Crippen LogP contribution in [0.3, 0.4) is 0 Å². The lowest BCUT2D eigenvalue weighted by molar-refractivity contribution is 0.0954. The summed E-state index contributed by atoms with van der Waals surface area (Å²) in [5, 5.41) is 2.79. The minimum Gasteiger partial charge on any atom is -0.352 e. The van der Waals surface area contributed by atoms with Crippen molar-refractivity contribution in [3.05, 3.63) is 95.3 Å². The molecule has 1 amide bonds. The maximum absolute atomic E-state index is 13.3. The van der Waals surface area contributed by atoms with Crippen molar-refractivity contribution in [2.45, 2.75) is 24.2 Å². The van der Waals surface area contributed by atoms with E-state index in [-0.39, 0.29) is 22.2 Å². The van der Waals surface area contributed by atoms with Gasteiger partial charge in [0.05, 0.1) is 10.6 Å². The number of sulfonamides is 1. The van der Waals surface area contributed by atoms with Gasteiger partial charge in [-0.3, -0.25) is 9.10 Å². The van der Waals surface area contributed by atoms with Gasteiger partial charge in [-0.15, -0.1) is 0 Å². The van der Waals surface area contributed by atoms with E-state index in [2.05, 4.69) is 5.32 Å². The Bertz CT molecular complexity index is 1190. The summed E-state index contributed by atoms with van der Waals surface area (Å²) in [5.74, 6) is -0.652. The van der Waals surface area contributed by atoms with Crippen molar-refractivity contribution in [3.63, 3.8) is 0 Å². The first kappa shape index (κ1) is 21.1. The normalized spacial score (nSPS) is 13.5. The van der Waals surface area contributed by atoms with Crippen LogP contribution >= 0.6 is 0 Å². The van der Waals surface area contributed by atoms with Crippen molar-refractivity contribution in [1.29, 1.82) is 0 Å². The molecule has 0 saturated heterocycles. The van der Waals surface area contributed by atoms with E-state index in [1.165, 1.54) is 28.6 Å². The van der Waals surface area contributed by atoms with E-state index >= 15 is 0 Å². The van der Waals surface area contributed by atoms with E-state index in [1.807, 2.05) is 24.3 Å². The van der Waals surface area contributed by atoms with Gasteiger partial charge >= 0.3 is 0 Å². The van der Waals surface area contributed by atoms with Gasteiger partial charge in [0.15, 0.2) is 0 Å². The summed E-state index contributed by atoms with van der Waals surface area (Å²) in [6.07, 6.45) is 2.15. The molecule has 5 nitrogen and oxygen atoms in total. The minimum absolute atomic E-state index is 0.0930. The first-order chi connectivity index (χ1) is 14.9. The summed E-state index contributed by atoms with van der Waals surface area (Å²) in [7, 11) is -3.78. The molecule has 3 aromatic rings. The first-order valence-electron chi connectivity index (χ1n) is 10.2. The molecule has 0 bridgehead atoms. The topological polar surface area (TPSA) is 66.5 Å². The summed E-state index contributed by atoms with van der Waals surface area (Å²) in [5.41, 5.74) is 2.89. The Balaban J connectivity index is 1.49. The molecule has 160 valence electrons. The lowest BCUT2D eigenvalue weighted by Gasteiger charge is -2.30. The summed E-state index contributed by atoms with van der Waals surface area (Å²) in [4.78, 5) is 12.7. The Kier molecular flexibility index (Phi) is 6.04. The third-order valence-electron chi connectivity index (χ3n) is 5.36. The average Bonchev–Trinajstić information content (AvgIpc) is 2.80. The fourth-order valence-electron chi connectivity index (χ4n) is 3.75. The van der Waals surface area contributed by atoms with Crippen LogP contribution < -0.4 is 9.62 Å². The van der Waals surface area contributed by atoms with Crippen LogP contribution in [0.5, 0.6) is 0 Å². The molecule has 0 aliphatic carbocycles. The van der Waals surface area contributed by atoms with E-state index in [9.17, 15) is 17.6 Å². The van der Waals surface area contributed by atoms with Crippen LogP contribution in [0.2, 0.25) is 0 Å². The third-order valence-corrected chi connectivity index (χ3v) is 7.17. The van der Waals surface area contributed by atoms with Crippen molar-refractivity contribution >= 4 is 21.6 Å². The Morgan fingerprint density at radius 1 is 1.00 bits per heavy atom. The molecule has 1 N–H and O–H groups in total. The van der Waals surface area contributed by atoms with Gasteiger partial charge in [-0.05, 0) is 66.8 Å². The van der Waals surface area contributed by atoms with Crippen molar-refractivity contribution in [3.8, 4) is 0 Å². The number of amides is 1. The lowest BCUT2D eigenvalue weighted by Crippen LogP contribution is -2.35. The summed E-state index contributed by atoms with van der Waals surface area (Å²) in [6, 6.07) is 19.7. The largest absolute Gasteiger partial charge is 0.352 e. The highest BCUT2D eigenvalue weighted by Gasteiger charge is 2.29. The zero-order valence-electron chi connectivity index (χ0n) is 16.9. The van der Waals surface area contributed by atoms with Gasteiger partial charge in [-0.2, -0.15) is 0 Å². The van der Waals surface area contributed by atoms with Crippen LogP contribution in [-0.4, -0.2) is 27.4 Å². The van der Waals surface area contributed by atoms with Gasteiger partial charge in [0.2, 0.25) is 0 Å². The quantitative estimate of drug-likeness (QED) is 0.634. The van der Waals surface area contributed by atoms with Crippen molar-refractivity contribution in [1.82, 2.24) is 5.32 Å². The molecular weight excluding hydrogens is 415 g/mol. The van der Waals surface area contributed by atoms with E-state index in [0.717, 1.165) is 24.0 Å². The zero-order chi connectivity index (χ0) is 21.8. The molecule has 0 fully saturated rings. The Morgan fingerprint density at radius 3 is 2.58 bits per heavy atom. The molecule has 1 aliphatic heterocycles. The molecule has 0 radical (unpaired) electrons. The number of anilines is 1. The zero-order valence-corrected chi connectivity index (χ0v) is 17.7. The molecule has 1 aliphatic rings. The number of para-hydroxylation sites is 1. The molecule has 7 heteroatoms. The van der Waals surface area contributed by atoms with Crippen LogP contribution in [-0.2, 0) is 22.9 Å². The van der Waals surface area contributed by atoms with Crippen molar-refractivity contribution in [2.24, 2.45) is 0 Å². The molecule has 0 spiro atoms. The van der Waals surface area contributed by atoms with Gasteiger partial charge in [-0.25, -0.2) is 12.8 Å². The molecule has 0 aromatic heterocycles. The molecule has 3 aromatic carbocycles. The second kappa shape index (κ2) is 8.89. The number of nitrogens with one attached hydrogen (secondary N) is 1. The smallest absolute Gasteiger partial charge is 0.264 e. The number of hydrogen-bond donors (Lipinski definition) is 1. The molecule has 0 unspecified atom stereocenters. The van der Waals surface area contributed by atoms with Crippen molar-refractivity contribution < 1.29 is 17.6 Å². The van der Waals surface area contributed by atoms with Gasteiger partial charge < -0.3 is 5.32 Å². The Morgan fingerprint density at radius 2 is 1.77 bits per heavy atom. The number of carbonyl (C=O) groups is 1. The number of fused-ring (bicyclic) bond motifs is 1. The van der Waals surface area contributed by atoms with Gasteiger partial charge in [0.1, 0.15) is 5.82 Å². The van der Waals surface area contributed by atoms with E-state index < -0.39 is 10.0 Å². The number of rotatable bonds is 6. The number of carbonyl (C=O) groups excluding carboxylic acids is 1. The fourth-order valence-corrected chi connectivity index (χ4v) is 5.33. The third kappa shape index (κ3) is 4.61. The lowest BCUT2D eigenvalue weighted by atomic mass is 10.0. The molecule has 4 rings (SSSR count). The van der Waals surface area contributed by atoms with E-state index in [0.29, 0.717) is 25.2 Å². The second-order valence-electron chi connectivity index (χ2n) is 7.47. The van der Waals surface area contributed by atoms with Crippen LogP contribution in [0.4, 0.5) is 10.1 Å². The number of hydrogen-bond acceptors (Lipinski definition) is 3. The second-order valence-corrected chi connectivity index (χ2v) is 9.33. The standard InChI is InChI=1S/C24H23FN2O3S/c25-21-12-10-18(11-13-21)14-15-26-24(28)20-6-3-8-22(17-20)31(29,30)27-16-4-7-19-5-1-2-9-23(19)27/h1-3,5-6,8-13,17H,4,7,14-16H2,(H,26,28). The highest BCUT2D eigenvalue weighted by molar-refractivity contribution is 7.92. The van der Waals surface area contributed by atoms with Gasteiger partial charge in [0.25, 0.3) is 15.9 Å². The predicted molar refractivity (Wildman–Crippen MR) is 118 cm³/mol. The fraction of sp³-hybridized carbons (Fsp3) is 0.208. The van der Waals surface area contributed by atoms with E-state index in [4.69, 9.17) is 0 Å². The number of aryl methyl sites for hydroxylation is 1. The molecule has 1 heterocycles. The summed E-state index contributed by atoms with van der Waals surface area (Å²) >= 11 is 0.